The first-order valence-electron chi connectivity index (χ1n) is 9.56. The molecule has 1 aromatic carbocycles. The fraction of sp³-hybridized carbons (Fsp3) is 0.0476. The molecule has 13 heteroatoms. The third-order valence-electron chi connectivity index (χ3n) is 4.73. The Kier molecular flexibility index (Phi) is 5.89. The molecule has 0 saturated carbocycles. The lowest BCUT2D eigenvalue weighted by Crippen LogP contribution is -2.34. The molecule has 0 radical (unpaired) electrons. The lowest BCUT2D eigenvalue weighted by atomic mass is 10.0. The van der Waals surface area contributed by atoms with Crippen molar-refractivity contribution in [1.82, 2.24) is 14.3 Å². The number of urea groups is 1. The molecule has 0 spiro atoms. The average molecular weight is 502 g/mol. The molecule has 0 atom stereocenters. The van der Waals surface area contributed by atoms with Crippen LogP contribution in [0.1, 0.15) is 15.9 Å². The van der Waals surface area contributed by atoms with E-state index in [0.717, 1.165) is 22.3 Å². The van der Waals surface area contributed by atoms with E-state index in [-0.39, 0.29) is 26.7 Å². The summed E-state index contributed by atoms with van der Waals surface area (Å²) in [5, 5.41) is 2.29. The molecule has 0 aliphatic heterocycles. The molecule has 3 amide bonds. The smallest absolute Gasteiger partial charge is 0.333 e. The van der Waals surface area contributed by atoms with Crippen LogP contribution in [-0.4, -0.2) is 29.9 Å². The van der Waals surface area contributed by atoms with Crippen molar-refractivity contribution in [2.75, 3.05) is 5.32 Å². The predicted molar refractivity (Wildman–Crippen MR) is 124 cm³/mol. The highest BCUT2D eigenvalue weighted by molar-refractivity contribution is 7.92. The molecule has 0 unspecified atom stereocenters. The number of sulfonamides is 1. The molecule has 3 aromatic heterocycles. The maximum atomic E-state index is 13.1. The highest BCUT2D eigenvalue weighted by Gasteiger charge is 2.20. The van der Waals surface area contributed by atoms with Gasteiger partial charge in [0, 0.05) is 17.0 Å². The average Bonchev–Trinajstić information content (AvgIpc) is 3.21. The fourth-order valence-corrected chi connectivity index (χ4v) is 5.10. The monoisotopic (exact) mass is 501 g/mol. The number of amides is 3. The summed E-state index contributed by atoms with van der Waals surface area (Å²) in [5.41, 5.74) is 6.18. The van der Waals surface area contributed by atoms with Crippen LogP contribution in [0.5, 0.6) is 0 Å². The van der Waals surface area contributed by atoms with E-state index in [0.29, 0.717) is 16.7 Å². The zero-order valence-electron chi connectivity index (χ0n) is 17.4. The molecular formula is C21H16FN5O5S2. The first-order valence-corrected chi connectivity index (χ1v) is 11.9. The van der Waals surface area contributed by atoms with Gasteiger partial charge in [-0.05, 0) is 37.3 Å². The Labute approximate surface area is 195 Å². The molecule has 0 saturated heterocycles. The molecule has 0 bridgehead atoms. The normalized spacial score (nSPS) is 11.4. The van der Waals surface area contributed by atoms with E-state index in [9.17, 15) is 27.2 Å². The number of aryl methyl sites for hydroxylation is 1. The number of rotatable bonds is 5. The first kappa shape index (κ1) is 23.1. The van der Waals surface area contributed by atoms with Crippen molar-refractivity contribution in [1.29, 1.82) is 0 Å². The van der Waals surface area contributed by atoms with Gasteiger partial charge in [-0.1, -0.05) is 29.0 Å². The Bertz CT molecular complexity index is 1610. The summed E-state index contributed by atoms with van der Waals surface area (Å²) in [6.45, 7) is 1.82. The number of nitrogens with two attached hydrogens (primary N) is 1. The summed E-state index contributed by atoms with van der Waals surface area (Å²) in [6, 6.07) is 8.72. The van der Waals surface area contributed by atoms with E-state index in [2.05, 4.69) is 10.3 Å². The standard InChI is InChI=1S/C21H16FN5O5S2/c1-11-2-4-13-14(8-11)15(19(23)28)10-27(20(13)29)17-6-3-12(9-24-17)25-21(30)26-34(31,32)18-7-5-16(22)33-18/h2-10H,1H3,(H2,23,28)(H2,25,26,30). The zero-order valence-corrected chi connectivity index (χ0v) is 19.0. The van der Waals surface area contributed by atoms with E-state index >= 15 is 0 Å². The van der Waals surface area contributed by atoms with Crippen molar-refractivity contribution in [2.45, 2.75) is 11.1 Å². The summed E-state index contributed by atoms with van der Waals surface area (Å²) >= 11 is 0.374. The molecule has 4 rings (SSSR count). The van der Waals surface area contributed by atoms with Crippen molar-refractivity contribution >= 4 is 49.8 Å². The lowest BCUT2D eigenvalue weighted by Gasteiger charge is -2.11. The van der Waals surface area contributed by atoms with Crippen LogP contribution in [0.25, 0.3) is 16.6 Å². The maximum Gasteiger partial charge on any atom is 0.333 e. The summed E-state index contributed by atoms with van der Waals surface area (Å²) in [4.78, 5) is 41.1. The van der Waals surface area contributed by atoms with Crippen molar-refractivity contribution < 1.29 is 22.4 Å². The Morgan fingerprint density at radius 3 is 2.50 bits per heavy atom. The van der Waals surface area contributed by atoms with Gasteiger partial charge in [0.1, 0.15) is 10.0 Å². The number of anilines is 1. The minimum Gasteiger partial charge on any atom is -0.366 e. The van der Waals surface area contributed by atoms with Crippen LogP contribution in [-0.2, 0) is 10.0 Å². The SMILES string of the molecule is Cc1ccc2c(=O)n(-c3ccc(NC(=O)NS(=O)(=O)c4ccc(F)s4)cn3)cc(C(N)=O)c2c1. The number of thiophene rings is 1. The molecule has 4 N–H and O–H groups in total. The zero-order chi connectivity index (χ0) is 24.6. The number of pyridine rings is 2. The van der Waals surface area contributed by atoms with E-state index in [1.807, 2.05) is 6.92 Å². The number of primary amides is 1. The minimum absolute atomic E-state index is 0.119. The summed E-state index contributed by atoms with van der Waals surface area (Å²) in [5.74, 6) is -0.575. The Morgan fingerprint density at radius 1 is 1.12 bits per heavy atom. The molecule has 174 valence electrons. The van der Waals surface area contributed by atoms with E-state index in [1.54, 1.807) is 22.9 Å². The minimum atomic E-state index is -4.25. The second kappa shape index (κ2) is 8.68. The second-order valence-corrected chi connectivity index (χ2v) is 10.1. The number of nitrogens with one attached hydrogen (secondary N) is 2. The first-order chi connectivity index (χ1) is 16.0. The van der Waals surface area contributed by atoms with Gasteiger partial charge in [-0.3, -0.25) is 14.2 Å². The van der Waals surface area contributed by atoms with E-state index in [1.165, 1.54) is 24.5 Å². The van der Waals surface area contributed by atoms with Gasteiger partial charge in [-0.2, -0.15) is 4.39 Å². The molecule has 34 heavy (non-hydrogen) atoms. The third kappa shape index (κ3) is 4.51. The highest BCUT2D eigenvalue weighted by atomic mass is 32.2. The number of carbonyl (C=O) groups excluding carboxylic acids is 2. The number of fused-ring (bicyclic) bond motifs is 1. The highest BCUT2D eigenvalue weighted by Crippen LogP contribution is 2.21. The van der Waals surface area contributed by atoms with Crippen molar-refractivity contribution in [3.63, 3.8) is 0 Å². The van der Waals surface area contributed by atoms with Crippen LogP contribution >= 0.6 is 11.3 Å². The molecular weight excluding hydrogens is 485 g/mol. The van der Waals surface area contributed by atoms with Crippen LogP contribution in [0.4, 0.5) is 14.9 Å². The van der Waals surface area contributed by atoms with E-state index < -0.39 is 32.7 Å². The van der Waals surface area contributed by atoms with Gasteiger partial charge in [-0.15, -0.1) is 0 Å². The topological polar surface area (TPSA) is 153 Å². The van der Waals surface area contributed by atoms with Crippen molar-refractivity contribution in [3.05, 3.63) is 81.5 Å². The van der Waals surface area contributed by atoms with Crippen LogP contribution in [0.3, 0.4) is 0 Å². The molecule has 3 heterocycles. The van der Waals surface area contributed by atoms with E-state index in [4.69, 9.17) is 5.73 Å². The third-order valence-corrected chi connectivity index (χ3v) is 7.43. The molecule has 0 aliphatic carbocycles. The van der Waals surface area contributed by atoms with Crippen LogP contribution in [0.15, 0.2) is 63.9 Å². The molecule has 10 nitrogen and oxygen atoms in total. The van der Waals surface area contributed by atoms with Crippen molar-refractivity contribution in [3.8, 4) is 5.82 Å². The van der Waals surface area contributed by atoms with Crippen LogP contribution in [0, 0.1) is 12.1 Å². The molecule has 0 fully saturated rings. The Hall–Kier alpha value is -4.10. The van der Waals surface area contributed by atoms with Crippen LogP contribution in [0.2, 0.25) is 0 Å². The van der Waals surface area contributed by atoms with Gasteiger partial charge in [0.2, 0.25) is 0 Å². The number of benzene rings is 1. The predicted octanol–water partition coefficient (Wildman–Crippen LogP) is 2.50. The number of hydrogen-bond acceptors (Lipinski definition) is 7. The van der Waals surface area contributed by atoms with Gasteiger partial charge < -0.3 is 11.1 Å². The summed E-state index contributed by atoms with van der Waals surface area (Å²) in [7, 11) is -4.25. The van der Waals surface area contributed by atoms with Crippen LogP contribution < -0.4 is 21.3 Å². The number of halogens is 1. The maximum absolute atomic E-state index is 13.1. The van der Waals surface area contributed by atoms with Gasteiger partial charge in [0.15, 0.2) is 5.13 Å². The summed E-state index contributed by atoms with van der Waals surface area (Å²) in [6.07, 6.45) is 2.49. The van der Waals surface area contributed by atoms with Gasteiger partial charge in [0.05, 0.1) is 17.4 Å². The summed E-state index contributed by atoms with van der Waals surface area (Å²) < 4.78 is 39.9. The van der Waals surface area contributed by atoms with Gasteiger partial charge in [0.25, 0.3) is 21.5 Å². The lowest BCUT2D eigenvalue weighted by molar-refractivity contribution is 0.100. The molecule has 0 aliphatic rings. The molecule has 4 aromatic rings. The largest absolute Gasteiger partial charge is 0.366 e. The number of hydrogen-bond donors (Lipinski definition) is 3. The fourth-order valence-electron chi connectivity index (χ4n) is 3.19. The van der Waals surface area contributed by atoms with Crippen molar-refractivity contribution in [2.24, 2.45) is 5.73 Å². The van der Waals surface area contributed by atoms with Gasteiger partial charge >= 0.3 is 6.03 Å². The Morgan fingerprint density at radius 2 is 1.88 bits per heavy atom. The second-order valence-electron chi connectivity index (χ2n) is 7.15. The number of nitrogens with zero attached hydrogens (tertiary/aromatic N) is 2. The van der Waals surface area contributed by atoms with Gasteiger partial charge in [-0.25, -0.2) is 22.9 Å². The quantitative estimate of drug-likeness (QED) is 0.382. The number of aromatic nitrogens is 2. The number of carbonyl (C=O) groups is 2. The Balaban J connectivity index is 1.60.